The number of aliphatic imine (C=N–C) groups is 1. The number of guanidine groups is 1. The Morgan fingerprint density at radius 1 is 1.26 bits per heavy atom. The molecule has 2 N–H and O–H groups in total. The van der Waals surface area contributed by atoms with Crippen LogP contribution in [-0.4, -0.2) is 58.6 Å². The second-order valence-corrected chi connectivity index (χ2v) is 9.25. The van der Waals surface area contributed by atoms with E-state index in [0.717, 1.165) is 17.1 Å². The summed E-state index contributed by atoms with van der Waals surface area (Å²) in [7, 11) is -1.74. The predicted octanol–water partition coefficient (Wildman–Crippen LogP) is 1.27. The molecule has 0 aliphatic carbocycles. The number of hydrogen-bond acceptors (Lipinski definition) is 6. The molecule has 0 saturated carbocycles. The Hall–Kier alpha value is -1.88. The second kappa shape index (κ2) is 9.36. The van der Waals surface area contributed by atoms with Crippen LogP contribution >= 0.6 is 11.3 Å². The minimum Gasteiger partial charge on any atom is -0.469 e. The highest BCUT2D eigenvalue weighted by Gasteiger charge is 2.27. The minimum absolute atomic E-state index is 0.363. The first-order valence-corrected chi connectivity index (χ1v) is 11.0. The van der Waals surface area contributed by atoms with E-state index in [2.05, 4.69) is 15.6 Å². The highest BCUT2D eigenvalue weighted by Crippen LogP contribution is 2.25. The van der Waals surface area contributed by atoms with Crippen LogP contribution in [0.5, 0.6) is 0 Å². The molecule has 3 heterocycles. The molecule has 148 valence electrons. The van der Waals surface area contributed by atoms with Crippen LogP contribution in [0.3, 0.4) is 0 Å². The lowest BCUT2D eigenvalue weighted by molar-refractivity contribution is 0.0731. The largest absolute Gasteiger partial charge is 0.469 e. The standard InChI is InChI=1S/C17H24N4O4S2/c1-18-17(19-7-6-14-3-2-10-25-14)20-13-15-4-5-16(26-15)27(22,23)21-8-11-24-12-9-21/h2-5,10H,6-9,11-13H2,1H3,(H2,18,19,20). The molecule has 0 atom stereocenters. The van der Waals surface area contributed by atoms with Crippen LogP contribution in [0.2, 0.25) is 0 Å². The second-order valence-electron chi connectivity index (χ2n) is 5.92. The fourth-order valence-corrected chi connectivity index (χ4v) is 5.51. The molecule has 1 fully saturated rings. The SMILES string of the molecule is CN=C(NCCc1ccco1)NCc1ccc(S(=O)(=O)N2CCOCC2)s1. The minimum atomic E-state index is -3.44. The van der Waals surface area contributed by atoms with Gasteiger partial charge in [0.05, 0.1) is 26.0 Å². The molecule has 2 aromatic rings. The number of nitrogens with one attached hydrogen (secondary N) is 2. The third kappa shape index (κ3) is 5.32. The molecule has 27 heavy (non-hydrogen) atoms. The van der Waals surface area contributed by atoms with E-state index in [9.17, 15) is 8.42 Å². The predicted molar refractivity (Wildman–Crippen MR) is 105 cm³/mol. The van der Waals surface area contributed by atoms with Crippen LogP contribution in [0.1, 0.15) is 10.6 Å². The molecular formula is C17H24N4O4S2. The van der Waals surface area contributed by atoms with Crippen molar-refractivity contribution in [2.75, 3.05) is 39.9 Å². The average molecular weight is 413 g/mol. The maximum Gasteiger partial charge on any atom is 0.252 e. The van der Waals surface area contributed by atoms with E-state index in [4.69, 9.17) is 9.15 Å². The zero-order valence-electron chi connectivity index (χ0n) is 15.2. The molecule has 0 bridgehead atoms. The summed E-state index contributed by atoms with van der Waals surface area (Å²) in [6.07, 6.45) is 2.41. The highest BCUT2D eigenvalue weighted by molar-refractivity contribution is 7.91. The summed E-state index contributed by atoms with van der Waals surface area (Å²) in [5.74, 6) is 1.57. The molecular weight excluding hydrogens is 388 g/mol. The van der Waals surface area contributed by atoms with Gasteiger partial charge in [-0.2, -0.15) is 4.31 Å². The Balaban J connectivity index is 1.50. The summed E-state index contributed by atoms with van der Waals surface area (Å²) in [6.45, 7) is 2.89. The number of rotatable bonds is 7. The van der Waals surface area contributed by atoms with Gasteiger partial charge in [0, 0.05) is 38.0 Å². The van der Waals surface area contributed by atoms with Gasteiger partial charge in [-0.05, 0) is 24.3 Å². The maximum absolute atomic E-state index is 12.7. The molecule has 1 saturated heterocycles. The van der Waals surface area contributed by atoms with Gasteiger partial charge in [0.25, 0.3) is 10.0 Å². The van der Waals surface area contributed by atoms with Crippen molar-refractivity contribution in [1.82, 2.24) is 14.9 Å². The molecule has 10 heteroatoms. The van der Waals surface area contributed by atoms with Crippen molar-refractivity contribution < 1.29 is 17.6 Å². The summed E-state index contributed by atoms with van der Waals surface area (Å²) in [4.78, 5) is 5.11. The lowest BCUT2D eigenvalue weighted by Crippen LogP contribution is -2.40. The number of nitrogens with zero attached hydrogens (tertiary/aromatic N) is 2. The van der Waals surface area contributed by atoms with Crippen molar-refractivity contribution in [3.63, 3.8) is 0 Å². The van der Waals surface area contributed by atoms with Crippen LogP contribution in [-0.2, 0) is 27.7 Å². The van der Waals surface area contributed by atoms with E-state index in [-0.39, 0.29) is 0 Å². The number of thiophene rings is 1. The zero-order valence-corrected chi connectivity index (χ0v) is 16.8. The molecule has 1 aliphatic heterocycles. The molecule has 0 amide bonds. The van der Waals surface area contributed by atoms with E-state index in [1.54, 1.807) is 19.4 Å². The van der Waals surface area contributed by atoms with E-state index >= 15 is 0 Å². The monoisotopic (exact) mass is 412 g/mol. The zero-order chi connectivity index (χ0) is 19.1. The summed E-state index contributed by atoms with van der Waals surface area (Å²) in [6, 6.07) is 7.29. The molecule has 0 aromatic carbocycles. The quantitative estimate of drug-likeness (QED) is 0.525. The number of ether oxygens (including phenoxy) is 1. The third-order valence-corrected chi connectivity index (χ3v) is 7.55. The number of hydrogen-bond donors (Lipinski definition) is 2. The molecule has 8 nitrogen and oxygen atoms in total. The Labute approximate surface area is 163 Å². The normalized spacial score (nSPS) is 16.4. The summed E-state index contributed by atoms with van der Waals surface area (Å²) < 4.78 is 37.7. The van der Waals surface area contributed by atoms with Crippen molar-refractivity contribution in [2.24, 2.45) is 4.99 Å². The topological polar surface area (TPSA) is 96.2 Å². The van der Waals surface area contributed by atoms with E-state index in [1.807, 2.05) is 18.2 Å². The van der Waals surface area contributed by atoms with Gasteiger partial charge >= 0.3 is 0 Å². The molecule has 0 spiro atoms. The van der Waals surface area contributed by atoms with Crippen LogP contribution < -0.4 is 10.6 Å². The lowest BCUT2D eigenvalue weighted by Gasteiger charge is -2.25. The van der Waals surface area contributed by atoms with Gasteiger partial charge in [0.1, 0.15) is 9.97 Å². The van der Waals surface area contributed by atoms with E-state index < -0.39 is 10.0 Å². The van der Waals surface area contributed by atoms with Crippen molar-refractivity contribution in [2.45, 2.75) is 17.2 Å². The Kier molecular flexibility index (Phi) is 6.89. The Bertz CT molecular complexity index is 840. The smallest absolute Gasteiger partial charge is 0.252 e. The molecule has 1 aliphatic rings. The Morgan fingerprint density at radius 2 is 2.07 bits per heavy atom. The fraction of sp³-hybridized carbons (Fsp3) is 0.471. The van der Waals surface area contributed by atoms with Gasteiger partial charge in [-0.1, -0.05) is 0 Å². The maximum atomic E-state index is 12.7. The van der Waals surface area contributed by atoms with Gasteiger partial charge < -0.3 is 19.8 Å². The summed E-state index contributed by atoms with van der Waals surface area (Å²) >= 11 is 1.28. The first-order valence-electron chi connectivity index (χ1n) is 8.73. The molecule has 0 radical (unpaired) electrons. The number of sulfonamides is 1. The van der Waals surface area contributed by atoms with Gasteiger partial charge in [-0.3, -0.25) is 4.99 Å². The summed E-state index contributed by atoms with van der Waals surface area (Å²) in [5, 5.41) is 6.41. The van der Waals surface area contributed by atoms with Crippen LogP contribution in [0, 0.1) is 0 Å². The van der Waals surface area contributed by atoms with E-state index in [1.165, 1.54) is 15.6 Å². The molecule has 2 aromatic heterocycles. The van der Waals surface area contributed by atoms with Crippen LogP contribution in [0.15, 0.2) is 44.1 Å². The van der Waals surface area contributed by atoms with Crippen molar-refractivity contribution in [3.8, 4) is 0 Å². The van der Waals surface area contributed by atoms with Gasteiger partial charge in [0.15, 0.2) is 5.96 Å². The van der Waals surface area contributed by atoms with Gasteiger partial charge in [0.2, 0.25) is 0 Å². The lowest BCUT2D eigenvalue weighted by atomic mass is 10.3. The van der Waals surface area contributed by atoms with Gasteiger partial charge in [-0.25, -0.2) is 8.42 Å². The summed E-state index contributed by atoms with van der Waals surface area (Å²) in [5.41, 5.74) is 0. The van der Waals surface area contributed by atoms with Crippen LogP contribution in [0.4, 0.5) is 0 Å². The average Bonchev–Trinajstić information content (AvgIpc) is 3.37. The molecule has 0 unspecified atom stereocenters. The fourth-order valence-electron chi connectivity index (χ4n) is 2.66. The number of furan rings is 1. The number of morpholine rings is 1. The van der Waals surface area contributed by atoms with Crippen molar-refractivity contribution in [3.05, 3.63) is 41.2 Å². The van der Waals surface area contributed by atoms with Crippen molar-refractivity contribution >= 4 is 27.3 Å². The van der Waals surface area contributed by atoms with Crippen molar-refractivity contribution in [1.29, 1.82) is 0 Å². The molecule has 3 rings (SSSR count). The van der Waals surface area contributed by atoms with E-state index in [0.29, 0.717) is 49.6 Å². The van der Waals surface area contributed by atoms with Crippen LogP contribution in [0.25, 0.3) is 0 Å². The highest BCUT2D eigenvalue weighted by atomic mass is 32.2. The first-order chi connectivity index (χ1) is 13.1. The first kappa shape index (κ1) is 19.9. The third-order valence-electron chi connectivity index (χ3n) is 4.10. The Morgan fingerprint density at radius 3 is 2.78 bits per heavy atom. The van der Waals surface area contributed by atoms with Gasteiger partial charge in [-0.15, -0.1) is 11.3 Å².